The van der Waals surface area contributed by atoms with Gasteiger partial charge < -0.3 is 0 Å². The summed E-state index contributed by atoms with van der Waals surface area (Å²) in [5, 5.41) is 3.08. The zero-order valence-electron chi connectivity index (χ0n) is 30.5. The van der Waals surface area contributed by atoms with Crippen molar-refractivity contribution in [3.05, 3.63) is 197 Å². The molecule has 3 heterocycles. The zero-order chi connectivity index (χ0) is 38.6. The van der Waals surface area contributed by atoms with E-state index in [4.69, 9.17) is 15.0 Å². The Hall–Kier alpha value is -7.32. The molecule has 0 fully saturated rings. The first-order chi connectivity index (χ1) is 27.3. The van der Waals surface area contributed by atoms with Crippen LogP contribution in [-0.2, 0) is 6.54 Å². The van der Waals surface area contributed by atoms with Gasteiger partial charge in [0.2, 0.25) is 0 Å². The van der Waals surface area contributed by atoms with Gasteiger partial charge in [0.05, 0.1) is 28.8 Å². The van der Waals surface area contributed by atoms with E-state index < -0.39 is 11.6 Å². The van der Waals surface area contributed by atoms with Crippen molar-refractivity contribution in [2.75, 3.05) is 0 Å². The van der Waals surface area contributed by atoms with Gasteiger partial charge in [-0.15, -0.1) is 0 Å². The third-order valence-corrected chi connectivity index (χ3v) is 9.57. The third-order valence-electron chi connectivity index (χ3n) is 9.57. The molecule has 0 spiro atoms. The van der Waals surface area contributed by atoms with E-state index in [0.29, 0.717) is 11.4 Å². The van der Waals surface area contributed by atoms with E-state index in [1.807, 2.05) is 97.1 Å². The number of aryl methyl sites for hydroxylation is 1. The highest BCUT2D eigenvalue weighted by molar-refractivity contribution is 6.13. The lowest BCUT2D eigenvalue weighted by atomic mass is 10.0. The van der Waals surface area contributed by atoms with Crippen LogP contribution >= 0.6 is 0 Å². The second kappa shape index (κ2) is 15.6. The lowest BCUT2D eigenvalue weighted by molar-refractivity contribution is 0.583. The van der Waals surface area contributed by atoms with Crippen LogP contribution in [-0.4, -0.2) is 33.3 Å². The molecule has 0 bridgehead atoms. The fourth-order valence-electron chi connectivity index (χ4n) is 6.68. The van der Waals surface area contributed by atoms with Crippen molar-refractivity contribution in [1.82, 2.24) is 15.0 Å². The molecule has 270 valence electrons. The molecule has 0 N–H and O–H groups in total. The minimum absolute atomic E-state index is 0.0281. The normalized spacial score (nSPS) is 12.2. The summed E-state index contributed by atoms with van der Waals surface area (Å²) in [6, 6.07) is 38.9. The Balaban J connectivity index is 1.14. The monoisotopic (exact) mass is 732 g/mol. The van der Waals surface area contributed by atoms with E-state index in [9.17, 15) is 8.78 Å². The largest absolute Gasteiger partial charge is 0.261 e. The standard InChI is InChI=1S/C48H34F2N6/c1-30(14-15-33-16-17-34-12-6-22-52-44(34)31(33)2)37-9-4-8-32(24-37)29-54-48(56-47(51-3)40-26-41(49)28-42(50)27-40)39-11-5-10-38(25-39)43-21-20-36-19-18-35-13-7-23-53-45(35)46(36)55-43/h4-28H,1,3,29H2,2H3/b15-14-,54-48-,56-47-. The Labute approximate surface area is 322 Å². The maximum absolute atomic E-state index is 14.3. The van der Waals surface area contributed by atoms with Gasteiger partial charge in [-0.1, -0.05) is 97.6 Å². The first-order valence-corrected chi connectivity index (χ1v) is 18.0. The molecule has 0 saturated carbocycles. The van der Waals surface area contributed by atoms with Gasteiger partial charge in [-0.2, -0.15) is 0 Å². The molecule has 8 aromatic rings. The molecule has 8 heteroatoms. The summed E-state index contributed by atoms with van der Waals surface area (Å²) in [5.41, 5.74) is 9.79. The number of allylic oxidation sites excluding steroid dienone is 2. The van der Waals surface area contributed by atoms with Crippen LogP contribution in [0.2, 0.25) is 0 Å². The number of amidine groups is 2. The topological polar surface area (TPSA) is 75.8 Å². The summed E-state index contributed by atoms with van der Waals surface area (Å²) in [6.45, 7) is 10.3. The highest BCUT2D eigenvalue weighted by atomic mass is 19.1. The first-order valence-electron chi connectivity index (χ1n) is 18.0. The Bertz CT molecular complexity index is 2910. The van der Waals surface area contributed by atoms with Crippen LogP contribution in [0.4, 0.5) is 8.78 Å². The number of halogens is 2. The predicted octanol–water partition coefficient (Wildman–Crippen LogP) is 11.4. The van der Waals surface area contributed by atoms with Gasteiger partial charge in [0.25, 0.3) is 0 Å². The number of nitrogens with zero attached hydrogens (tertiary/aromatic N) is 6. The molecular weight excluding hydrogens is 699 g/mol. The van der Waals surface area contributed by atoms with Crippen molar-refractivity contribution in [3.8, 4) is 11.3 Å². The molecule has 8 rings (SSSR count). The Morgan fingerprint density at radius 3 is 2.12 bits per heavy atom. The average molecular weight is 733 g/mol. The number of hydrogen-bond donors (Lipinski definition) is 0. The van der Waals surface area contributed by atoms with Crippen molar-refractivity contribution in [2.24, 2.45) is 15.0 Å². The fraction of sp³-hybridized carbons (Fsp3) is 0.0417. The van der Waals surface area contributed by atoms with Crippen LogP contribution in [0.25, 0.3) is 55.6 Å². The summed E-state index contributed by atoms with van der Waals surface area (Å²) in [6.07, 6.45) is 7.63. The summed E-state index contributed by atoms with van der Waals surface area (Å²) < 4.78 is 28.7. The van der Waals surface area contributed by atoms with Crippen LogP contribution in [0, 0.1) is 18.6 Å². The Kier molecular flexibility index (Phi) is 9.93. The number of hydrogen-bond acceptors (Lipinski definition) is 4. The van der Waals surface area contributed by atoms with Gasteiger partial charge in [0.15, 0.2) is 11.7 Å². The molecule has 0 radical (unpaired) electrons. The molecule has 3 aromatic heterocycles. The highest BCUT2D eigenvalue weighted by Gasteiger charge is 2.13. The number of rotatable bonds is 8. The Morgan fingerprint density at radius 1 is 0.661 bits per heavy atom. The fourth-order valence-corrected chi connectivity index (χ4v) is 6.68. The maximum atomic E-state index is 14.3. The lowest BCUT2D eigenvalue weighted by Crippen LogP contribution is -2.07. The van der Waals surface area contributed by atoms with Gasteiger partial charge in [-0.25, -0.2) is 23.7 Å². The summed E-state index contributed by atoms with van der Waals surface area (Å²) in [4.78, 5) is 27.9. The first kappa shape index (κ1) is 35.7. The van der Waals surface area contributed by atoms with Crippen LogP contribution < -0.4 is 0 Å². The quantitative estimate of drug-likeness (QED) is 0.0675. The van der Waals surface area contributed by atoms with Crippen LogP contribution in [0.15, 0.2) is 167 Å². The predicted molar refractivity (Wildman–Crippen MR) is 226 cm³/mol. The van der Waals surface area contributed by atoms with Crippen molar-refractivity contribution in [1.29, 1.82) is 0 Å². The van der Waals surface area contributed by atoms with Crippen LogP contribution in [0.3, 0.4) is 0 Å². The van der Waals surface area contributed by atoms with Crippen LogP contribution in [0.1, 0.15) is 33.4 Å². The van der Waals surface area contributed by atoms with Gasteiger partial charge in [0.1, 0.15) is 11.6 Å². The molecule has 0 aliphatic carbocycles. The number of fused-ring (bicyclic) bond motifs is 4. The van der Waals surface area contributed by atoms with Crippen molar-refractivity contribution >= 4 is 62.7 Å². The summed E-state index contributed by atoms with van der Waals surface area (Å²) in [5.74, 6) is -1.17. The molecule has 6 nitrogen and oxygen atoms in total. The lowest BCUT2D eigenvalue weighted by Gasteiger charge is -2.10. The van der Waals surface area contributed by atoms with E-state index in [1.165, 1.54) is 12.1 Å². The minimum Gasteiger partial charge on any atom is -0.261 e. The average Bonchev–Trinajstić information content (AvgIpc) is 3.23. The highest BCUT2D eigenvalue weighted by Crippen LogP contribution is 2.28. The van der Waals surface area contributed by atoms with Gasteiger partial charge in [0, 0.05) is 51.3 Å². The zero-order valence-corrected chi connectivity index (χ0v) is 30.5. The number of benzene rings is 5. The molecule has 0 unspecified atom stereocenters. The molecule has 56 heavy (non-hydrogen) atoms. The Morgan fingerprint density at radius 2 is 1.34 bits per heavy atom. The van der Waals surface area contributed by atoms with Crippen molar-refractivity contribution in [3.63, 3.8) is 0 Å². The van der Waals surface area contributed by atoms with Gasteiger partial charge >= 0.3 is 0 Å². The van der Waals surface area contributed by atoms with E-state index in [2.05, 4.69) is 59.5 Å². The van der Waals surface area contributed by atoms with E-state index in [-0.39, 0.29) is 17.9 Å². The molecule has 0 aliphatic heterocycles. The summed E-state index contributed by atoms with van der Waals surface area (Å²) >= 11 is 0. The van der Waals surface area contributed by atoms with Gasteiger partial charge in [-0.3, -0.25) is 15.0 Å². The minimum atomic E-state index is -0.750. The van der Waals surface area contributed by atoms with E-state index in [0.717, 1.165) is 77.9 Å². The third kappa shape index (κ3) is 7.54. The number of aromatic nitrogens is 3. The molecule has 0 amide bonds. The molecular formula is C48H34F2N6. The summed E-state index contributed by atoms with van der Waals surface area (Å²) in [7, 11) is 0. The smallest absolute Gasteiger partial charge is 0.161 e. The number of pyridine rings is 3. The van der Waals surface area contributed by atoms with E-state index in [1.54, 1.807) is 12.4 Å². The molecule has 0 aliphatic rings. The molecule has 5 aromatic carbocycles. The second-order valence-corrected chi connectivity index (χ2v) is 13.3. The van der Waals surface area contributed by atoms with E-state index >= 15 is 0 Å². The van der Waals surface area contributed by atoms with Crippen LogP contribution in [0.5, 0.6) is 0 Å². The number of aliphatic imine (C=N–C) groups is 3. The SMILES string of the molecule is C=N/C(=N\C(=N/Cc1cccc(C(=C)/C=C\c2ccc3cccnc3c2C)c1)c1cccc(-c2ccc3ccc4cccnc4c3n2)c1)c1cc(F)cc(F)c1. The maximum Gasteiger partial charge on any atom is 0.161 e. The second-order valence-electron chi connectivity index (χ2n) is 13.3. The van der Waals surface area contributed by atoms with Gasteiger partial charge in [-0.05, 0) is 83.9 Å². The van der Waals surface area contributed by atoms with Crippen molar-refractivity contribution < 1.29 is 8.78 Å². The van der Waals surface area contributed by atoms with Crippen molar-refractivity contribution in [2.45, 2.75) is 13.5 Å². The molecule has 0 atom stereocenters. The molecule has 0 saturated heterocycles.